The Labute approximate surface area is 232 Å². The van der Waals surface area contributed by atoms with E-state index >= 15 is 0 Å². The molecule has 0 bridgehead atoms. The van der Waals surface area contributed by atoms with Gasteiger partial charge in [-0.15, -0.1) is 0 Å². The minimum Gasteiger partial charge on any atom is -0.494 e. The summed E-state index contributed by atoms with van der Waals surface area (Å²) in [5.74, 6) is -0.196. The van der Waals surface area contributed by atoms with Crippen LogP contribution in [0.4, 0.5) is 10.5 Å². The minimum absolute atomic E-state index is 0.0497. The van der Waals surface area contributed by atoms with Crippen molar-refractivity contribution in [2.24, 2.45) is 0 Å². The maximum Gasteiger partial charge on any atom is 0.408 e. The zero-order valence-corrected chi connectivity index (χ0v) is 23.8. The number of carbonyl (C=O) groups is 3. The summed E-state index contributed by atoms with van der Waals surface area (Å²) in [5, 5.41) is 5.38. The van der Waals surface area contributed by atoms with Gasteiger partial charge in [-0.3, -0.25) is 9.59 Å². The molecular formula is C31H44N2O6. The molecule has 0 aromatic heterocycles. The van der Waals surface area contributed by atoms with Crippen molar-refractivity contribution in [3.05, 3.63) is 60.2 Å². The molecule has 8 nitrogen and oxygen atoms in total. The molecule has 0 saturated heterocycles. The number of esters is 1. The lowest BCUT2D eigenvalue weighted by Gasteiger charge is -2.23. The summed E-state index contributed by atoms with van der Waals surface area (Å²) in [6, 6.07) is 15.4. The zero-order valence-electron chi connectivity index (χ0n) is 23.8. The normalized spacial score (nSPS) is 11.8. The van der Waals surface area contributed by atoms with Crippen molar-refractivity contribution in [1.82, 2.24) is 5.32 Å². The Morgan fingerprint density at radius 1 is 0.872 bits per heavy atom. The molecule has 0 aliphatic rings. The lowest BCUT2D eigenvalue weighted by Crippen LogP contribution is -2.46. The van der Waals surface area contributed by atoms with E-state index in [1.165, 1.54) is 25.7 Å². The van der Waals surface area contributed by atoms with E-state index in [4.69, 9.17) is 14.2 Å². The number of benzene rings is 2. The number of hydrogen-bond acceptors (Lipinski definition) is 6. The van der Waals surface area contributed by atoms with Gasteiger partial charge in [-0.25, -0.2) is 4.79 Å². The molecular weight excluding hydrogens is 496 g/mol. The summed E-state index contributed by atoms with van der Waals surface area (Å²) in [4.78, 5) is 37.7. The Balaban J connectivity index is 1.88. The van der Waals surface area contributed by atoms with Crippen molar-refractivity contribution in [1.29, 1.82) is 0 Å². The molecule has 1 atom stereocenters. The summed E-state index contributed by atoms with van der Waals surface area (Å²) in [5.41, 5.74) is 0.686. The fraction of sp³-hybridized carbons (Fsp3) is 0.516. The Kier molecular flexibility index (Phi) is 13.9. The minimum atomic E-state index is -0.993. The van der Waals surface area contributed by atoms with Crippen molar-refractivity contribution >= 4 is 23.7 Å². The van der Waals surface area contributed by atoms with Crippen LogP contribution in [0.3, 0.4) is 0 Å². The van der Waals surface area contributed by atoms with Crippen LogP contribution in [0.1, 0.15) is 84.6 Å². The molecule has 0 aliphatic carbocycles. The Bertz CT molecular complexity index is 1000. The van der Waals surface area contributed by atoms with Crippen LogP contribution >= 0.6 is 0 Å². The summed E-state index contributed by atoms with van der Waals surface area (Å²) in [6.07, 6.45) is 6.44. The Hall–Kier alpha value is -3.55. The van der Waals surface area contributed by atoms with Gasteiger partial charge in [0, 0.05) is 12.1 Å². The van der Waals surface area contributed by atoms with Crippen LogP contribution in [0.2, 0.25) is 0 Å². The molecule has 0 saturated carbocycles. The van der Waals surface area contributed by atoms with Gasteiger partial charge < -0.3 is 24.8 Å². The summed E-state index contributed by atoms with van der Waals surface area (Å²) >= 11 is 0. The maximum atomic E-state index is 13.0. The lowest BCUT2D eigenvalue weighted by atomic mass is 10.1. The first-order valence-corrected chi connectivity index (χ1v) is 13.9. The molecule has 2 rings (SSSR count). The van der Waals surface area contributed by atoms with Crippen LogP contribution < -0.4 is 15.4 Å². The molecule has 2 N–H and O–H groups in total. The van der Waals surface area contributed by atoms with Crippen molar-refractivity contribution in [3.63, 3.8) is 0 Å². The third-order valence-corrected chi connectivity index (χ3v) is 5.78. The van der Waals surface area contributed by atoms with Crippen LogP contribution in [0.15, 0.2) is 54.6 Å². The average molecular weight is 541 g/mol. The molecule has 0 unspecified atom stereocenters. The first-order chi connectivity index (χ1) is 18.7. The second-order valence-electron chi connectivity index (χ2n) is 10.5. The van der Waals surface area contributed by atoms with E-state index in [9.17, 15) is 14.4 Å². The number of hydrogen-bond donors (Lipinski definition) is 2. The van der Waals surface area contributed by atoms with Gasteiger partial charge in [0.05, 0.1) is 6.61 Å². The standard InChI is InChI=1S/C31H44N2O6/c1-5-6-7-8-9-13-22-37-26-18-16-25(17-19-26)32-29(35)27(33-30(36)39-31(2,3)4)20-21-28(34)38-23-24-14-11-10-12-15-24/h10-12,14-19,27H,5-9,13,20-23H2,1-4H3,(H,32,35)(H,33,36)/t27-/m0/s1. The van der Waals surface area contributed by atoms with Gasteiger partial charge in [0.25, 0.3) is 0 Å². The van der Waals surface area contributed by atoms with E-state index < -0.39 is 29.6 Å². The predicted octanol–water partition coefficient (Wildman–Crippen LogP) is 6.78. The SMILES string of the molecule is CCCCCCCCOc1ccc(NC(=O)[C@H](CCC(=O)OCc2ccccc2)NC(=O)OC(C)(C)C)cc1. The van der Waals surface area contributed by atoms with Gasteiger partial charge >= 0.3 is 12.1 Å². The molecule has 39 heavy (non-hydrogen) atoms. The highest BCUT2D eigenvalue weighted by Crippen LogP contribution is 2.17. The molecule has 2 aromatic carbocycles. The zero-order chi connectivity index (χ0) is 28.5. The van der Waals surface area contributed by atoms with Gasteiger partial charge in [0.15, 0.2) is 0 Å². The summed E-state index contributed by atoms with van der Waals surface area (Å²) in [7, 11) is 0. The Morgan fingerprint density at radius 2 is 1.54 bits per heavy atom. The number of rotatable bonds is 16. The van der Waals surface area contributed by atoms with Gasteiger partial charge in [-0.2, -0.15) is 0 Å². The third kappa shape index (κ3) is 14.3. The lowest BCUT2D eigenvalue weighted by molar-refractivity contribution is -0.145. The first-order valence-electron chi connectivity index (χ1n) is 13.9. The van der Waals surface area contributed by atoms with Crippen LogP contribution in [-0.4, -0.2) is 36.2 Å². The van der Waals surface area contributed by atoms with Crippen molar-refractivity contribution < 1.29 is 28.6 Å². The van der Waals surface area contributed by atoms with E-state index in [1.807, 2.05) is 30.3 Å². The highest BCUT2D eigenvalue weighted by molar-refractivity contribution is 5.96. The highest BCUT2D eigenvalue weighted by atomic mass is 16.6. The number of nitrogens with one attached hydrogen (secondary N) is 2. The second-order valence-corrected chi connectivity index (χ2v) is 10.5. The number of amides is 2. The van der Waals surface area contributed by atoms with E-state index in [2.05, 4.69) is 17.6 Å². The molecule has 0 spiro atoms. The van der Waals surface area contributed by atoms with Gasteiger partial charge in [-0.1, -0.05) is 69.4 Å². The van der Waals surface area contributed by atoms with Crippen LogP contribution in [-0.2, 0) is 25.7 Å². The number of carbonyl (C=O) groups excluding carboxylic acids is 3. The van der Waals surface area contributed by atoms with Gasteiger partial charge in [0.1, 0.15) is 24.0 Å². The fourth-order valence-electron chi connectivity index (χ4n) is 3.73. The fourth-order valence-corrected chi connectivity index (χ4v) is 3.73. The Morgan fingerprint density at radius 3 is 2.21 bits per heavy atom. The molecule has 8 heteroatoms. The van der Waals surface area contributed by atoms with E-state index in [0.29, 0.717) is 12.3 Å². The molecule has 2 amide bonds. The van der Waals surface area contributed by atoms with E-state index in [1.54, 1.807) is 45.0 Å². The van der Waals surface area contributed by atoms with Crippen molar-refractivity contribution in [3.8, 4) is 5.75 Å². The topological polar surface area (TPSA) is 103 Å². The largest absolute Gasteiger partial charge is 0.494 e. The van der Waals surface area contributed by atoms with E-state index in [0.717, 1.165) is 24.2 Å². The second kappa shape index (κ2) is 17.1. The molecule has 0 heterocycles. The molecule has 0 radical (unpaired) electrons. The number of ether oxygens (including phenoxy) is 3. The molecule has 0 fully saturated rings. The third-order valence-electron chi connectivity index (χ3n) is 5.78. The van der Waals surface area contributed by atoms with E-state index in [-0.39, 0.29) is 19.4 Å². The van der Waals surface area contributed by atoms with Crippen molar-refractivity contribution in [2.45, 2.75) is 97.3 Å². The van der Waals surface area contributed by atoms with Crippen LogP contribution in [0, 0.1) is 0 Å². The average Bonchev–Trinajstić information content (AvgIpc) is 2.89. The quantitative estimate of drug-likeness (QED) is 0.180. The number of alkyl carbamates (subject to hydrolysis) is 1. The summed E-state index contributed by atoms with van der Waals surface area (Å²) < 4.78 is 16.4. The van der Waals surface area contributed by atoms with Crippen molar-refractivity contribution in [2.75, 3.05) is 11.9 Å². The molecule has 0 aliphatic heterocycles. The van der Waals surface area contributed by atoms with Crippen LogP contribution in [0.5, 0.6) is 5.75 Å². The predicted molar refractivity (Wildman–Crippen MR) is 153 cm³/mol. The maximum absolute atomic E-state index is 13.0. The molecule has 2 aromatic rings. The van der Waals surface area contributed by atoms with Gasteiger partial charge in [0.2, 0.25) is 5.91 Å². The number of anilines is 1. The highest BCUT2D eigenvalue weighted by Gasteiger charge is 2.25. The van der Waals surface area contributed by atoms with Crippen LogP contribution in [0.25, 0.3) is 0 Å². The van der Waals surface area contributed by atoms with Gasteiger partial charge in [-0.05, 0) is 63.4 Å². The first kappa shape index (κ1) is 31.7. The smallest absolute Gasteiger partial charge is 0.408 e. The molecule has 214 valence electrons. The monoisotopic (exact) mass is 540 g/mol. The summed E-state index contributed by atoms with van der Waals surface area (Å²) in [6.45, 7) is 8.20. The number of unbranched alkanes of at least 4 members (excludes halogenated alkanes) is 5.